The number of carboxylic acids is 1. The number of rotatable bonds is 3. The average Bonchev–Trinajstić information content (AvgIpc) is 2.75. The summed E-state index contributed by atoms with van der Waals surface area (Å²) >= 11 is 0. The Morgan fingerprint density at radius 1 is 1.32 bits per heavy atom. The van der Waals surface area contributed by atoms with Crippen LogP contribution in [-0.4, -0.2) is 20.9 Å². The van der Waals surface area contributed by atoms with Crippen molar-refractivity contribution in [2.24, 2.45) is 0 Å². The molecule has 1 aromatic carbocycles. The Balaban J connectivity index is 1.93. The van der Waals surface area contributed by atoms with Gasteiger partial charge in [0.1, 0.15) is 0 Å². The van der Waals surface area contributed by atoms with Gasteiger partial charge in [-0.25, -0.2) is 4.68 Å². The summed E-state index contributed by atoms with van der Waals surface area (Å²) in [5.74, 6) is -0.707. The van der Waals surface area contributed by atoms with E-state index < -0.39 is 11.4 Å². The molecule has 4 heteroatoms. The quantitative estimate of drug-likeness (QED) is 0.918. The van der Waals surface area contributed by atoms with Crippen LogP contribution in [0.5, 0.6) is 0 Å². The van der Waals surface area contributed by atoms with E-state index in [9.17, 15) is 9.90 Å². The fraction of sp³-hybridized carbons (Fsp3) is 0.333. The first-order valence-corrected chi connectivity index (χ1v) is 6.47. The number of hydrogen-bond donors (Lipinski definition) is 1. The summed E-state index contributed by atoms with van der Waals surface area (Å²) in [6.07, 6.45) is 6.22. The molecule has 1 fully saturated rings. The fourth-order valence-electron chi connectivity index (χ4n) is 2.64. The van der Waals surface area contributed by atoms with Crippen LogP contribution in [0.1, 0.15) is 30.4 Å². The van der Waals surface area contributed by atoms with Gasteiger partial charge >= 0.3 is 5.97 Å². The maximum atomic E-state index is 11.4. The Bertz CT molecular complexity index is 609. The zero-order valence-electron chi connectivity index (χ0n) is 10.8. The van der Waals surface area contributed by atoms with Crippen LogP contribution in [0.3, 0.4) is 0 Å². The minimum absolute atomic E-state index is 0.654. The van der Waals surface area contributed by atoms with Gasteiger partial charge in [-0.05, 0) is 43.0 Å². The van der Waals surface area contributed by atoms with E-state index in [-0.39, 0.29) is 0 Å². The van der Waals surface area contributed by atoms with Gasteiger partial charge in [-0.1, -0.05) is 18.6 Å². The number of benzene rings is 1. The minimum Gasteiger partial charge on any atom is -0.481 e. The van der Waals surface area contributed by atoms with E-state index in [1.807, 2.05) is 37.4 Å². The predicted molar refractivity (Wildman–Crippen MR) is 71.5 cm³/mol. The van der Waals surface area contributed by atoms with Crippen molar-refractivity contribution in [3.63, 3.8) is 0 Å². The Kier molecular flexibility index (Phi) is 2.66. The molecule has 0 amide bonds. The van der Waals surface area contributed by atoms with E-state index in [1.165, 1.54) is 0 Å². The maximum absolute atomic E-state index is 11.4. The lowest BCUT2D eigenvalue weighted by Crippen LogP contribution is -2.42. The SMILES string of the molecule is Cc1cnn(-c2ccc(C3(C(=O)O)CCC3)cc2)c1. The predicted octanol–water partition coefficient (Wildman–Crippen LogP) is 2.69. The number of aliphatic carboxylic acids is 1. The van der Waals surface area contributed by atoms with Crippen molar-refractivity contribution in [2.75, 3.05) is 0 Å². The molecule has 4 nitrogen and oxygen atoms in total. The first-order chi connectivity index (χ1) is 9.12. The summed E-state index contributed by atoms with van der Waals surface area (Å²) in [4.78, 5) is 11.4. The van der Waals surface area contributed by atoms with Gasteiger partial charge in [0.05, 0.1) is 17.3 Å². The molecular weight excluding hydrogens is 240 g/mol. The lowest BCUT2D eigenvalue weighted by molar-refractivity contribution is -0.147. The average molecular weight is 256 g/mol. The Morgan fingerprint density at radius 3 is 2.42 bits per heavy atom. The smallest absolute Gasteiger partial charge is 0.314 e. The zero-order valence-corrected chi connectivity index (χ0v) is 10.8. The summed E-state index contributed by atoms with van der Waals surface area (Å²) in [7, 11) is 0. The van der Waals surface area contributed by atoms with Crippen molar-refractivity contribution in [1.82, 2.24) is 9.78 Å². The van der Waals surface area contributed by atoms with Crippen LogP contribution in [-0.2, 0) is 10.2 Å². The third kappa shape index (κ3) is 1.84. The summed E-state index contributed by atoms with van der Waals surface area (Å²) in [6, 6.07) is 7.70. The van der Waals surface area contributed by atoms with Crippen LogP contribution in [0.25, 0.3) is 5.69 Å². The third-order valence-electron chi connectivity index (χ3n) is 4.01. The highest BCUT2D eigenvalue weighted by Crippen LogP contribution is 2.44. The number of nitrogens with zero attached hydrogens (tertiary/aromatic N) is 2. The number of hydrogen-bond acceptors (Lipinski definition) is 2. The van der Waals surface area contributed by atoms with Gasteiger partial charge in [0.25, 0.3) is 0 Å². The number of carboxylic acid groups (broad SMARTS) is 1. The van der Waals surface area contributed by atoms with Crippen LogP contribution in [0.4, 0.5) is 0 Å². The van der Waals surface area contributed by atoms with Gasteiger partial charge in [-0.2, -0.15) is 5.10 Å². The largest absolute Gasteiger partial charge is 0.481 e. The molecule has 2 aromatic rings. The molecule has 1 aliphatic carbocycles. The van der Waals surface area contributed by atoms with Crippen molar-refractivity contribution < 1.29 is 9.90 Å². The molecule has 0 atom stereocenters. The van der Waals surface area contributed by atoms with E-state index in [4.69, 9.17) is 0 Å². The van der Waals surface area contributed by atoms with Crippen LogP contribution in [0, 0.1) is 6.92 Å². The van der Waals surface area contributed by atoms with Crippen LogP contribution < -0.4 is 0 Å². The summed E-state index contributed by atoms with van der Waals surface area (Å²) < 4.78 is 1.80. The lowest BCUT2D eigenvalue weighted by Gasteiger charge is -2.38. The fourth-order valence-corrected chi connectivity index (χ4v) is 2.64. The highest BCUT2D eigenvalue weighted by Gasteiger charge is 2.45. The number of aryl methyl sites for hydroxylation is 1. The van der Waals surface area contributed by atoms with E-state index >= 15 is 0 Å². The number of aromatic nitrogens is 2. The van der Waals surface area contributed by atoms with Gasteiger partial charge in [0, 0.05) is 6.20 Å². The van der Waals surface area contributed by atoms with Crippen LogP contribution in [0.2, 0.25) is 0 Å². The topological polar surface area (TPSA) is 55.1 Å². The van der Waals surface area contributed by atoms with Gasteiger partial charge in [0.2, 0.25) is 0 Å². The van der Waals surface area contributed by atoms with Gasteiger partial charge < -0.3 is 5.11 Å². The summed E-state index contributed by atoms with van der Waals surface area (Å²) in [6.45, 7) is 1.99. The summed E-state index contributed by atoms with van der Waals surface area (Å²) in [5.41, 5.74) is 2.30. The highest BCUT2D eigenvalue weighted by atomic mass is 16.4. The molecule has 1 saturated carbocycles. The Hall–Kier alpha value is -2.10. The van der Waals surface area contributed by atoms with Crippen molar-refractivity contribution in [3.05, 3.63) is 47.8 Å². The van der Waals surface area contributed by atoms with Crippen LogP contribution in [0.15, 0.2) is 36.7 Å². The Morgan fingerprint density at radius 2 is 2.00 bits per heavy atom. The second-order valence-electron chi connectivity index (χ2n) is 5.25. The second kappa shape index (κ2) is 4.23. The molecule has 19 heavy (non-hydrogen) atoms. The molecular formula is C15H16N2O2. The molecule has 0 spiro atoms. The molecule has 1 aromatic heterocycles. The summed E-state index contributed by atoms with van der Waals surface area (Å²) in [5, 5.41) is 13.7. The normalized spacial score (nSPS) is 16.9. The molecule has 1 aliphatic rings. The van der Waals surface area contributed by atoms with E-state index in [0.29, 0.717) is 0 Å². The number of carbonyl (C=O) groups is 1. The van der Waals surface area contributed by atoms with E-state index in [1.54, 1.807) is 10.9 Å². The molecule has 0 bridgehead atoms. The Labute approximate surface area is 111 Å². The minimum atomic E-state index is -0.707. The molecule has 3 rings (SSSR count). The van der Waals surface area contributed by atoms with Crippen molar-refractivity contribution in [1.29, 1.82) is 0 Å². The molecule has 0 radical (unpaired) electrons. The molecule has 0 aliphatic heterocycles. The molecule has 1 N–H and O–H groups in total. The van der Waals surface area contributed by atoms with Gasteiger partial charge in [-0.15, -0.1) is 0 Å². The molecule has 0 unspecified atom stereocenters. The van der Waals surface area contributed by atoms with Crippen molar-refractivity contribution >= 4 is 5.97 Å². The van der Waals surface area contributed by atoms with E-state index in [2.05, 4.69) is 5.10 Å². The van der Waals surface area contributed by atoms with Crippen molar-refractivity contribution in [2.45, 2.75) is 31.6 Å². The maximum Gasteiger partial charge on any atom is 0.314 e. The van der Waals surface area contributed by atoms with Crippen LogP contribution >= 0.6 is 0 Å². The monoisotopic (exact) mass is 256 g/mol. The first-order valence-electron chi connectivity index (χ1n) is 6.47. The zero-order chi connectivity index (χ0) is 13.5. The standard InChI is InChI=1S/C15H16N2O2/c1-11-9-16-17(10-11)13-5-3-12(4-6-13)15(14(18)19)7-2-8-15/h3-6,9-10H,2,7-8H2,1H3,(H,18,19). The molecule has 98 valence electrons. The first kappa shape index (κ1) is 12.0. The highest BCUT2D eigenvalue weighted by molar-refractivity contribution is 5.82. The molecule has 0 saturated heterocycles. The van der Waals surface area contributed by atoms with Gasteiger partial charge in [-0.3, -0.25) is 4.79 Å². The third-order valence-corrected chi connectivity index (χ3v) is 4.01. The van der Waals surface area contributed by atoms with E-state index in [0.717, 1.165) is 36.1 Å². The molecule has 1 heterocycles. The second-order valence-corrected chi connectivity index (χ2v) is 5.25. The lowest BCUT2D eigenvalue weighted by atomic mass is 9.64. The van der Waals surface area contributed by atoms with Crippen molar-refractivity contribution in [3.8, 4) is 5.69 Å². The van der Waals surface area contributed by atoms with Gasteiger partial charge in [0.15, 0.2) is 0 Å².